The van der Waals surface area contributed by atoms with Gasteiger partial charge in [-0.1, -0.05) is 42.5 Å². The van der Waals surface area contributed by atoms with E-state index in [4.69, 9.17) is 0 Å². The predicted molar refractivity (Wildman–Crippen MR) is 106 cm³/mol. The maximum absolute atomic E-state index is 14.1. The van der Waals surface area contributed by atoms with E-state index in [9.17, 15) is 17.6 Å². The zero-order chi connectivity index (χ0) is 20.0. The van der Waals surface area contributed by atoms with Crippen molar-refractivity contribution in [1.29, 1.82) is 0 Å². The van der Waals surface area contributed by atoms with E-state index in [2.05, 4.69) is 5.32 Å². The molecule has 1 amide bonds. The number of anilines is 1. The molecule has 0 heterocycles. The number of rotatable bonds is 8. The minimum Gasteiger partial charge on any atom is -0.352 e. The van der Waals surface area contributed by atoms with Gasteiger partial charge in [0.25, 0.3) is 0 Å². The number of hydrogen-bond donors (Lipinski definition) is 1. The minimum absolute atomic E-state index is 0.139. The van der Waals surface area contributed by atoms with Crippen LogP contribution in [0.1, 0.15) is 25.8 Å². The van der Waals surface area contributed by atoms with Crippen LogP contribution in [0.5, 0.6) is 0 Å². The van der Waals surface area contributed by atoms with E-state index in [-0.39, 0.29) is 11.7 Å². The minimum atomic E-state index is -3.84. The number of carbonyl (C=O) groups is 1. The van der Waals surface area contributed by atoms with E-state index < -0.39 is 27.8 Å². The van der Waals surface area contributed by atoms with E-state index in [1.165, 1.54) is 31.2 Å². The highest BCUT2D eigenvalue weighted by molar-refractivity contribution is 7.92. The molecule has 0 radical (unpaired) electrons. The van der Waals surface area contributed by atoms with Gasteiger partial charge in [0.15, 0.2) is 0 Å². The standard InChI is InChI=1S/C20H25FN2O3S/c1-15(13-14-17-9-5-4-6-10-17)22-20(24)16(2)23(27(3,25)26)19-12-8-7-11-18(19)21/h4-12,15-16H,13-14H2,1-3H3,(H,22,24)/t15-,16-/m0/s1. The van der Waals surface area contributed by atoms with Crippen molar-refractivity contribution in [2.45, 2.75) is 38.8 Å². The van der Waals surface area contributed by atoms with Crippen molar-refractivity contribution < 1.29 is 17.6 Å². The molecule has 2 atom stereocenters. The number of halogens is 1. The molecule has 0 spiro atoms. The van der Waals surface area contributed by atoms with Crippen LogP contribution in [0.15, 0.2) is 54.6 Å². The van der Waals surface area contributed by atoms with Crippen LogP contribution >= 0.6 is 0 Å². The normalized spacial score (nSPS) is 13.6. The summed E-state index contributed by atoms with van der Waals surface area (Å²) in [6.07, 6.45) is 2.46. The molecule has 0 saturated heterocycles. The summed E-state index contributed by atoms with van der Waals surface area (Å²) in [4.78, 5) is 12.6. The van der Waals surface area contributed by atoms with Gasteiger partial charge in [-0.05, 0) is 44.4 Å². The van der Waals surface area contributed by atoms with Gasteiger partial charge in [-0.3, -0.25) is 9.10 Å². The average Bonchev–Trinajstić information content (AvgIpc) is 2.61. The Labute approximate surface area is 160 Å². The highest BCUT2D eigenvalue weighted by Crippen LogP contribution is 2.24. The Morgan fingerprint density at radius 2 is 1.67 bits per heavy atom. The van der Waals surface area contributed by atoms with E-state index in [1.807, 2.05) is 37.3 Å². The van der Waals surface area contributed by atoms with Crippen molar-refractivity contribution in [2.24, 2.45) is 0 Å². The lowest BCUT2D eigenvalue weighted by Crippen LogP contribution is -2.50. The van der Waals surface area contributed by atoms with Crippen molar-refractivity contribution in [3.63, 3.8) is 0 Å². The summed E-state index contributed by atoms with van der Waals surface area (Å²) in [6, 6.07) is 14.2. The van der Waals surface area contributed by atoms with Gasteiger partial charge in [-0.15, -0.1) is 0 Å². The summed E-state index contributed by atoms with van der Waals surface area (Å²) >= 11 is 0. The molecule has 27 heavy (non-hydrogen) atoms. The zero-order valence-electron chi connectivity index (χ0n) is 15.7. The second-order valence-electron chi connectivity index (χ2n) is 6.62. The lowest BCUT2D eigenvalue weighted by molar-refractivity contribution is -0.122. The predicted octanol–water partition coefficient (Wildman–Crippen LogP) is 3.12. The number of nitrogens with one attached hydrogen (secondary N) is 1. The fraction of sp³-hybridized carbons (Fsp3) is 0.350. The van der Waals surface area contributed by atoms with Crippen LogP contribution in [0.2, 0.25) is 0 Å². The molecule has 0 aliphatic carbocycles. The van der Waals surface area contributed by atoms with Crippen LogP contribution < -0.4 is 9.62 Å². The smallest absolute Gasteiger partial charge is 0.243 e. The number of aryl methyl sites for hydroxylation is 1. The number of carbonyl (C=O) groups excluding carboxylic acids is 1. The molecular weight excluding hydrogens is 367 g/mol. The van der Waals surface area contributed by atoms with Crippen LogP contribution in [-0.2, 0) is 21.2 Å². The van der Waals surface area contributed by atoms with Crippen molar-refractivity contribution in [3.8, 4) is 0 Å². The monoisotopic (exact) mass is 392 g/mol. The highest BCUT2D eigenvalue weighted by atomic mass is 32.2. The quantitative estimate of drug-likeness (QED) is 0.751. The first-order chi connectivity index (χ1) is 12.7. The number of para-hydroxylation sites is 1. The maximum atomic E-state index is 14.1. The number of hydrogen-bond acceptors (Lipinski definition) is 3. The molecule has 0 saturated carbocycles. The molecule has 0 aromatic heterocycles. The Bertz CT molecular complexity index is 872. The summed E-state index contributed by atoms with van der Waals surface area (Å²) in [5, 5.41) is 2.82. The fourth-order valence-corrected chi connectivity index (χ4v) is 4.05. The molecular formula is C20H25FN2O3S. The molecule has 2 rings (SSSR count). The van der Waals surface area contributed by atoms with Gasteiger partial charge in [0.05, 0.1) is 11.9 Å². The summed E-state index contributed by atoms with van der Waals surface area (Å²) < 4.78 is 39.4. The zero-order valence-corrected chi connectivity index (χ0v) is 16.5. The third kappa shape index (κ3) is 5.79. The summed E-state index contributed by atoms with van der Waals surface area (Å²) in [5.74, 6) is -1.16. The second kappa shape index (κ2) is 8.99. The molecule has 2 aromatic rings. The van der Waals surface area contributed by atoms with Crippen LogP contribution in [0.3, 0.4) is 0 Å². The first-order valence-corrected chi connectivity index (χ1v) is 10.6. The number of sulfonamides is 1. The summed E-state index contributed by atoms with van der Waals surface area (Å²) in [7, 11) is -3.84. The summed E-state index contributed by atoms with van der Waals surface area (Å²) in [6.45, 7) is 3.31. The molecule has 0 fully saturated rings. The van der Waals surface area contributed by atoms with Gasteiger partial charge in [0, 0.05) is 6.04 Å². The molecule has 7 heteroatoms. The SMILES string of the molecule is C[C@@H](CCc1ccccc1)NC(=O)[C@H](C)N(c1ccccc1F)S(C)(=O)=O. The van der Waals surface area contributed by atoms with E-state index in [1.54, 1.807) is 0 Å². The van der Waals surface area contributed by atoms with Crippen LogP contribution in [-0.4, -0.2) is 32.7 Å². The molecule has 0 aliphatic rings. The Kier molecular flexibility index (Phi) is 6.96. The molecule has 0 bridgehead atoms. The maximum Gasteiger partial charge on any atom is 0.243 e. The molecule has 2 aromatic carbocycles. The topological polar surface area (TPSA) is 66.5 Å². The Morgan fingerprint density at radius 3 is 2.26 bits per heavy atom. The largest absolute Gasteiger partial charge is 0.352 e. The lowest BCUT2D eigenvalue weighted by Gasteiger charge is -2.29. The third-order valence-electron chi connectivity index (χ3n) is 4.28. The number of amides is 1. The van der Waals surface area contributed by atoms with Crippen LogP contribution in [0.4, 0.5) is 10.1 Å². The van der Waals surface area contributed by atoms with E-state index in [0.29, 0.717) is 6.42 Å². The molecule has 0 aliphatic heterocycles. The van der Waals surface area contributed by atoms with Crippen molar-refractivity contribution in [1.82, 2.24) is 5.32 Å². The fourth-order valence-electron chi connectivity index (χ4n) is 2.87. The van der Waals surface area contributed by atoms with Crippen LogP contribution in [0.25, 0.3) is 0 Å². The van der Waals surface area contributed by atoms with Gasteiger partial charge >= 0.3 is 0 Å². The van der Waals surface area contributed by atoms with Crippen LogP contribution in [0, 0.1) is 5.82 Å². The van der Waals surface area contributed by atoms with E-state index in [0.717, 1.165) is 22.5 Å². The second-order valence-corrected chi connectivity index (χ2v) is 8.48. The first kappa shape index (κ1) is 20.9. The van der Waals surface area contributed by atoms with E-state index >= 15 is 0 Å². The Balaban J connectivity index is 2.07. The molecule has 0 unspecified atom stereocenters. The first-order valence-electron chi connectivity index (χ1n) is 8.78. The highest BCUT2D eigenvalue weighted by Gasteiger charge is 2.31. The van der Waals surface area contributed by atoms with Gasteiger partial charge in [-0.25, -0.2) is 12.8 Å². The number of nitrogens with zero attached hydrogens (tertiary/aromatic N) is 1. The Hall–Kier alpha value is -2.41. The summed E-state index contributed by atoms with van der Waals surface area (Å²) in [5.41, 5.74) is 1.02. The van der Waals surface area contributed by atoms with Crippen molar-refractivity contribution in [2.75, 3.05) is 10.6 Å². The van der Waals surface area contributed by atoms with Crippen molar-refractivity contribution in [3.05, 3.63) is 66.0 Å². The molecule has 146 valence electrons. The molecule has 5 nitrogen and oxygen atoms in total. The van der Waals surface area contributed by atoms with Gasteiger partial charge in [0.1, 0.15) is 11.9 Å². The van der Waals surface area contributed by atoms with Gasteiger partial charge < -0.3 is 5.32 Å². The van der Waals surface area contributed by atoms with Crippen molar-refractivity contribution >= 4 is 21.6 Å². The Morgan fingerprint density at radius 1 is 1.07 bits per heavy atom. The number of benzene rings is 2. The lowest BCUT2D eigenvalue weighted by atomic mass is 10.1. The van der Waals surface area contributed by atoms with Gasteiger partial charge in [0.2, 0.25) is 15.9 Å². The molecule has 1 N–H and O–H groups in total. The third-order valence-corrected chi connectivity index (χ3v) is 5.50. The average molecular weight is 392 g/mol. The van der Waals surface area contributed by atoms with Gasteiger partial charge in [-0.2, -0.15) is 0 Å².